The molecule has 0 amide bonds. The van der Waals surface area contributed by atoms with Crippen molar-refractivity contribution in [3.63, 3.8) is 0 Å². The van der Waals surface area contributed by atoms with Gasteiger partial charge in [0.15, 0.2) is 0 Å². The van der Waals surface area contributed by atoms with E-state index in [-0.39, 0.29) is 6.61 Å². The zero-order valence-corrected chi connectivity index (χ0v) is 10.6. The third kappa shape index (κ3) is 1.58. The Bertz CT molecular complexity index is 320. The van der Waals surface area contributed by atoms with Crippen LogP contribution in [-0.4, -0.2) is 68.4 Å². The molecule has 3 rings (SSSR count). The molecule has 4 N–H and O–H groups in total. The highest BCUT2D eigenvalue weighted by Gasteiger charge is 2.62. The van der Waals surface area contributed by atoms with Crippen LogP contribution in [0.1, 0.15) is 32.1 Å². The summed E-state index contributed by atoms with van der Waals surface area (Å²) in [5.41, 5.74) is -0.716. The largest absolute Gasteiger partial charge is 0.394 e. The van der Waals surface area contributed by atoms with Crippen molar-refractivity contribution >= 4 is 0 Å². The predicted octanol–water partition coefficient (Wildman–Crippen LogP) is -0.922. The van der Waals surface area contributed by atoms with E-state index >= 15 is 0 Å². The molecule has 0 bridgehead atoms. The van der Waals surface area contributed by atoms with Gasteiger partial charge in [0, 0.05) is 12.6 Å². The second-order valence-corrected chi connectivity index (χ2v) is 6.23. The summed E-state index contributed by atoms with van der Waals surface area (Å²) in [4.78, 5) is 2.05. The Labute approximate surface area is 107 Å². The van der Waals surface area contributed by atoms with E-state index in [1.807, 2.05) is 4.90 Å². The number of aliphatic hydroxyl groups excluding tert-OH is 4. The van der Waals surface area contributed by atoms with E-state index in [1.54, 1.807) is 0 Å². The third-order valence-electron chi connectivity index (χ3n) is 5.40. The molecule has 2 aliphatic heterocycles. The fourth-order valence-electron chi connectivity index (χ4n) is 4.27. The Kier molecular flexibility index (Phi) is 3.15. The molecule has 5 nitrogen and oxygen atoms in total. The summed E-state index contributed by atoms with van der Waals surface area (Å²) < 4.78 is 0. The smallest absolute Gasteiger partial charge is 0.109 e. The number of hydrogen-bond acceptors (Lipinski definition) is 5. The Morgan fingerprint density at radius 2 is 1.78 bits per heavy atom. The van der Waals surface area contributed by atoms with Crippen molar-refractivity contribution in [3.05, 3.63) is 0 Å². The summed E-state index contributed by atoms with van der Waals surface area (Å²) in [6, 6.07) is 0.358. The molecule has 1 saturated carbocycles. The minimum Gasteiger partial charge on any atom is -0.394 e. The van der Waals surface area contributed by atoms with Crippen molar-refractivity contribution in [3.8, 4) is 0 Å². The molecule has 0 radical (unpaired) electrons. The zero-order chi connectivity index (χ0) is 12.9. The van der Waals surface area contributed by atoms with Crippen LogP contribution in [0.4, 0.5) is 0 Å². The molecule has 5 heteroatoms. The lowest BCUT2D eigenvalue weighted by Crippen LogP contribution is -2.81. The predicted molar refractivity (Wildman–Crippen MR) is 64.9 cm³/mol. The molecule has 2 heterocycles. The molecule has 3 fully saturated rings. The molecule has 0 aromatic heterocycles. The van der Waals surface area contributed by atoms with Gasteiger partial charge in [-0.25, -0.2) is 0 Å². The van der Waals surface area contributed by atoms with Crippen LogP contribution in [0.25, 0.3) is 0 Å². The first-order valence-corrected chi connectivity index (χ1v) is 7.02. The maximum atomic E-state index is 10.1. The first kappa shape index (κ1) is 12.8. The molecule has 2 saturated heterocycles. The SMILES string of the molecule is OC[C@@]12C[C@@H](C3CCCC3)N1C[C@H](O)[C@@H](O)[C@@H]2O. The van der Waals surface area contributed by atoms with E-state index in [2.05, 4.69) is 0 Å². The number of β-amino-alcohol motifs (C(OH)–C–C–N with tert-alkyl or cyclic N) is 1. The van der Waals surface area contributed by atoms with Crippen molar-refractivity contribution in [2.24, 2.45) is 5.92 Å². The summed E-state index contributed by atoms with van der Waals surface area (Å²) in [6.45, 7) is 0.209. The van der Waals surface area contributed by atoms with E-state index in [9.17, 15) is 20.4 Å². The van der Waals surface area contributed by atoms with E-state index in [0.717, 1.165) is 6.42 Å². The fourth-order valence-corrected chi connectivity index (χ4v) is 4.27. The van der Waals surface area contributed by atoms with Crippen LogP contribution in [0.5, 0.6) is 0 Å². The zero-order valence-electron chi connectivity index (χ0n) is 10.6. The van der Waals surface area contributed by atoms with Crippen LogP contribution >= 0.6 is 0 Å². The lowest BCUT2D eigenvalue weighted by molar-refractivity contribution is -0.254. The summed E-state index contributed by atoms with van der Waals surface area (Å²) in [6.07, 6.45) is 2.56. The lowest BCUT2D eigenvalue weighted by atomic mass is 9.65. The average molecular weight is 257 g/mol. The average Bonchev–Trinajstić information content (AvgIpc) is 2.86. The van der Waals surface area contributed by atoms with Gasteiger partial charge in [-0.2, -0.15) is 0 Å². The van der Waals surface area contributed by atoms with Gasteiger partial charge in [-0.3, -0.25) is 4.90 Å². The van der Waals surface area contributed by atoms with Crippen LogP contribution in [0.15, 0.2) is 0 Å². The van der Waals surface area contributed by atoms with Gasteiger partial charge < -0.3 is 20.4 Å². The molecule has 0 unspecified atom stereocenters. The van der Waals surface area contributed by atoms with Gasteiger partial charge in [0.2, 0.25) is 0 Å². The number of rotatable bonds is 2. The van der Waals surface area contributed by atoms with E-state index in [4.69, 9.17) is 0 Å². The van der Waals surface area contributed by atoms with E-state index < -0.39 is 23.9 Å². The quantitative estimate of drug-likeness (QED) is 0.514. The third-order valence-corrected chi connectivity index (χ3v) is 5.40. The second-order valence-electron chi connectivity index (χ2n) is 6.23. The van der Waals surface area contributed by atoms with Gasteiger partial charge in [0.05, 0.1) is 18.2 Å². The summed E-state index contributed by atoms with van der Waals surface area (Å²) in [7, 11) is 0. The molecule has 0 spiro atoms. The Morgan fingerprint density at radius 1 is 1.11 bits per heavy atom. The molecular formula is C13H23NO4. The number of fused-ring (bicyclic) bond motifs is 1. The van der Waals surface area contributed by atoms with Gasteiger partial charge in [0.25, 0.3) is 0 Å². The van der Waals surface area contributed by atoms with Crippen LogP contribution in [0.2, 0.25) is 0 Å². The van der Waals surface area contributed by atoms with Gasteiger partial charge in [-0.15, -0.1) is 0 Å². The summed E-state index contributed by atoms with van der Waals surface area (Å²) in [5, 5.41) is 39.3. The first-order chi connectivity index (χ1) is 8.60. The van der Waals surface area contributed by atoms with Gasteiger partial charge in [-0.05, 0) is 25.2 Å². The molecule has 18 heavy (non-hydrogen) atoms. The van der Waals surface area contributed by atoms with Crippen molar-refractivity contribution in [2.45, 2.75) is 62.0 Å². The Morgan fingerprint density at radius 3 is 2.39 bits per heavy atom. The van der Waals surface area contributed by atoms with Crippen molar-refractivity contribution in [1.82, 2.24) is 4.90 Å². The highest BCUT2D eigenvalue weighted by Crippen LogP contribution is 2.49. The Balaban J connectivity index is 1.79. The number of aliphatic hydroxyl groups is 4. The highest BCUT2D eigenvalue weighted by atomic mass is 16.4. The van der Waals surface area contributed by atoms with Crippen molar-refractivity contribution in [1.29, 1.82) is 0 Å². The topological polar surface area (TPSA) is 84.2 Å². The van der Waals surface area contributed by atoms with E-state index in [0.29, 0.717) is 18.5 Å². The second kappa shape index (κ2) is 4.42. The number of nitrogens with zero attached hydrogens (tertiary/aromatic N) is 1. The number of hydrogen-bond donors (Lipinski definition) is 4. The Hall–Kier alpha value is -0.200. The lowest BCUT2D eigenvalue weighted by Gasteiger charge is -2.65. The standard InChI is InChI=1S/C13H23NO4/c15-7-13-5-9(8-3-1-2-4-8)14(13)6-10(16)11(17)12(13)18/h8-12,15-18H,1-7H2/t9-,10-,11+,12-,13+/m0/s1. The molecule has 5 atom stereocenters. The van der Waals surface area contributed by atoms with Crippen molar-refractivity contribution in [2.75, 3.05) is 13.2 Å². The van der Waals surface area contributed by atoms with Gasteiger partial charge >= 0.3 is 0 Å². The minimum absolute atomic E-state index is 0.152. The molecule has 104 valence electrons. The molecule has 0 aromatic carbocycles. The van der Waals surface area contributed by atoms with Crippen LogP contribution in [-0.2, 0) is 0 Å². The summed E-state index contributed by atoms with van der Waals surface area (Å²) >= 11 is 0. The fraction of sp³-hybridized carbons (Fsp3) is 1.00. The maximum absolute atomic E-state index is 10.1. The normalized spacial score (nSPS) is 50.0. The van der Waals surface area contributed by atoms with Crippen LogP contribution < -0.4 is 0 Å². The summed E-state index contributed by atoms with van der Waals surface area (Å²) in [5.74, 6) is 0.624. The number of piperidine rings is 1. The molecule has 0 aromatic rings. The molecular weight excluding hydrogens is 234 g/mol. The monoisotopic (exact) mass is 257 g/mol. The van der Waals surface area contributed by atoms with Crippen LogP contribution in [0.3, 0.4) is 0 Å². The first-order valence-electron chi connectivity index (χ1n) is 7.02. The van der Waals surface area contributed by atoms with Crippen LogP contribution in [0, 0.1) is 5.92 Å². The minimum atomic E-state index is -1.14. The van der Waals surface area contributed by atoms with E-state index in [1.165, 1.54) is 25.7 Å². The van der Waals surface area contributed by atoms with Gasteiger partial charge in [-0.1, -0.05) is 12.8 Å². The highest BCUT2D eigenvalue weighted by molar-refractivity contribution is 5.17. The maximum Gasteiger partial charge on any atom is 0.109 e. The van der Waals surface area contributed by atoms with Crippen molar-refractivity contribution < 1.29 is 20.4 Å². The van der Waals surface area contributed by atoms with Gasteiger partial charge in [0.1, 0.15) is 12.2 Å². The molecule has 1 aliphatic carbocycles. The molecule has 3 aliphatic rings.